The molecule has 0 aliphatic rings. The lowest BCUT2D eigenvalue weighted by atomic mass is 10.1. The summed E-state index contributed by atoms with van der Waals surface area (Å²) in [7, 11) is 0. The first kappa shape index (κ1) is 12.9. The minimum absolute atomic E-state index is 0.0758. The van der Waals surface area contributed by atoms with Crippen LogP contribution < -0.4 is 10.5 Å². The number of hydrogen-bond acceptors (Lipinski definition) is 3. The van der Waals surface area contributed by atoms with Crippen LogP contribution in [0.3, 0.4) is 0 Å². The van der Waals surface area contributed by atoms with Gasteiger partial charge in [-0.2, -0.15) is 0 Å². The highest BCUT2D eigenvalue weighted by Gasteiger charge is 2.04. The Hall–Kier alpha value is -1.58. The Morgan fingerprint density at radius 3 is 2.56 bits per heavy atom. The van der Waals surface area contributed by atoms with Gasteiger partial charge in [-0.25, -0.2) is 0 Å². The topological polar surface area (TPSA) is 48.1 Å². The Labute approximate surface area is 112 Å². The molecule has 2 rings (SSSR count). The van der Waals surface area contributed by atoms with Crippen molar-refractivity contribution in [2.75, 3.05) is 0 Å². The second kappa shape index (κ2) is 5.85. The first-order valence-corrected chi connectivity index (χ1v) is 6.21. The predicted molar refractivity (Wildman–Crippen MR) is 73.0 cm³/mol. The number of halogens is 1. The summed E-state index contributed by atoms with van der Waals surface area (Å²) in [5.41, 5.74) is 7.05. The van der Waals surface area contributed by atoms with Crippen molar-refractivity contribution < 1.29 is 4.74 Å². The number of aromatic nitrogens is 1. The van der Waals surface area contributed by atoms with Gasteiger partial charge in [-0.05, 0) is 24.1 Å². The van der Waals surface area contributed by atoms with Crippen LogP contribution in [0.1, 0.15) is 24.9 Å². The number of nitrogens with zero attached hydrogens (tertiary/aromatic N) is 1. The Bertz CT molecular complexity index is 513. The van der Waals surface area contributed by atoms with E-state index in [2.05, 4.69) is 11.9 Å². The molecule has 1 aromatic carbocycles. The van der Waals surface area contributed by atoms with Gasteiger partial charge in [0.05, 0.1) is 11.2 Å². The van der Waals surface area contributed by atoms with Crippen molar-refractivity contribution in [1.82, 2.24) is 4.98 Å². The molecule has 0 fully saturated rings. The normalized spacial score (nSPS) is 12.2. The number of nitrogens with two attached hydrogens (primary N) is 1. The molecule has 1 atom stereocenters. The Balaban J connectivity index is 2.11. The lowest BCUT2D eigenvalue weighted by Gasteiger charge is -2.10. The molecule has 0 aliphatic carbocycles. The molecule has 3 nitrogen and oxygen atoms in total. The van der Waals surface area contributed by atoms with Gasteiger partial charge in [0.15, 0.2) is 0 Å². The molecule has 94 valence electrons. The van der Waals surface area contributed by atoms with Crippen molar-refractivity contribution in [3.63, 3.8) is 0 Å². The predicted octanol–water partition coefficient (Wildman–Crippen LogP) is 3.94. The lowest BCUT2D eigenvalue weighted by molar-refractivity contribution is 0.480. The molecule has 0 spiro atoms. The van der Waals surface area contributed by atoms with E-state index in [0.29, 0.717) is 10.8 Å². The Morgan fingerprint density at radius 2 is 1.94 bits per heavy atom. The molecule has 0 amide bonds. The van der Waals surface area contributed by atoms with E-state index in [1.165, 1.54) is 0 Å². The first-order valence-electron chi connectivity index (χ1n) is 5.83. The van der Waals surface area contributed by atoms with E-state index < -0.39 is 0 Å². The summed E-state index contributed by atoms with van der Waals surface area (Å²) in [5.74, 6) is 1.36. The number of pyridine rings is 1. The second-order valence-corrected chi connectivity index (χ2v) is 4.46. The van der Waals surface area contributed by atoms with E-state index in [0.717, 1.165) is 17.7 Å². The highest BCUT2D eigenvalue weighted by atomic mass is 35.5. The smallest absolute Gasteiger partial charge is 0.147 e. The van der Waals surface area contributed by atoms with Gasteiger partial charge < -0.3 is 10.5 Å². The largest absolute Gasteiger partial charge is 0.456 e. The standard InChI is InChI=1S/C14H15ClN2O/c1-2-14(16)10-3-5-12(6-4-10)18-13-7-11(15)8-17-9-13/h3-9,14H,2,16H2,1H3. The van der Waals surface area contributed by atoms with Crippen LogP contribution in [0.15, 0.2) is 42.7 Å². The zero-order chi connectivity index (χ0) is 13.0. The fourth-order valence-corrected chi connectivity index (χ4v) is 1.77. The second-order valence-electron chi connectivity index (χ2n) is 4.02. The van der Waals surface area contributed by atoms with E-state index in [1.807, 2.05) is 24.3 Å². The van der Waals surface area contributed by atoms with Crippen molar-refractivity contribution in [1.29, 1.82) is 0 Å². The summed E-state index contributed by atoms with van der Waals surface area (Å²) >= 11 is 5.84. The van der Waals surface area contributed by atoms with Crippen LogP contribution >= 0.6 is 11.6 Å². The molecule has 0 aliphatic heterocycles. The van der Waals surface area contributed by atoms with Gasteiger partial charge in [-0.3, -0.25) is 4.98 Å². The molecular formula is C14H15ClN2O. The van der Waals surface area contributed by atoms with E-state index in [4.69, 9.17) is 22.1 Å². The molecule has 0 bridgehead atoms. The molecular weight excluding hydrogens is 248 g/mol. The number of rotatable bonds is 4. The van der Waals surface area contributed by atoms with E-state index >= 15 is 0 Å². The number of hydrogen-bond donors (Lipinski definition) is 1. The van der Waals surface area contributed by atoms with Gasteiger partial charge in [0.2, 0.25) is 0 Å². The Kier molecular flexibility index (Phi) is 4.18. The van der Waals surface area contributed by atoms with Crippen LogP contribution in [0.4, 0.5) is 0 Å². The summed E-state index contributed by atoms with van der Waals surface area (Å²) in [6, 6.07) is 9.53. The van der Waals surface area contributed by atoms with Crippen molar-refractivity contribution >= 4 is 11.6 Å². The highest BCUT2D eigenvalue weighted by Crippen LogP contribution is 2.24. The van der Waals surface area contributed by atoms with E-state index in [9.17, 15) is 0 Å². The highest BCUT2D eigenvalue weighted by molar-refractivity contribution is 6.30. The third-order valence-electron chi connectivity index (χ3n) is 2.66. The average molecular weight is 263 g/mol. The van der Waals surface area contributed by atoms with Crippen LogP contribution in [0.2, 0.25) is 5.02 Å². The Morgan fingerprint density at radius 1 is 1.22 bits per heavy atom. The van der Waals surface area contributed by atoms with Gasteiger partial charge in [0.25, 0.3) is 0 Å². The third kappa shape index (κ3) is 3.22. The summed E-state index contributed by atoms with van der Waals surface area (Å²) in [5, 5.41) is 0.553. The fourth-order valence-electron chi connectivity index (χ4n) is 1.60. The molecule has 2 aromatic rings. The summed E-state index contributed by atoms with van der Waals surface area (Å²) in [4.78, 5) is 3.96. The van der Waals surface area contributed by atoms with Gasteiger partial charge >= 0.3 is 0 Å². The van der Waals surface area contributed by atoms with Crippen LogP contribution in [-0.2, 0) is 0 Å². The zero-order valence-corrected chi connectivity index (χ0v) is 10.9. The molecule has 1 unspecified atom stereocenters. The van der Waals surface area contributed by atoms with Crippen LogP contribution in [-0.4, -0.2) is 4.98 Å². The molecule has 0 saturated carbocycles. The fraction of sp³-hybridized carbons (Fsp3) is 0.214. The maximum Gasteiger partial charge on any atom is 0.147 e. The minimum atomic E-state index is 0.0758. The molecule has 1 heterocycles. The molecule has 0 radical (unpaired) electrons. The van der Waals surface area contributed by atoms with Crippen molar-refractivity contribution in [2.45, 2.75) is 19.4 Å². The van der Waals surface area contributed by atoms with Crippen molar-refractivity contribution in [3.05, 3.63) is 53.3 Å². The maximum atomic E-state index is 5.95. The summed E-state index contributed by atoms with van der Waals surface area (Å²) < 4.78 is 5.64. The van der Waals surface area contributed by atoms with Gasteiger partial charge in [0, 0.05) is 18.3 Å². The summed E-state index contributed by atoms with van der Waals surface area (Å²) in [6.07, 6.45) is 4.10. The quantitative estimate of drug-likeness (QED) is 0.908. The summed E-state index contributed by atoms with van der Waals surface area (Å²) in [6.45, 7) is 2.06. The van der Waals surface area contributed by atoms with Gasteiger partial charge in [-0.15, -0.1) is 0 Å². The number of ether oxygens (including phenoxy) is 1. The third-order valence-corrected chi connectivity index (χ3v) is 2.87. The van der Waals surface area contributed by atoms with Crippen molar-refractivity contribution in [3.8, 4) is 11.5 Å². The van der Waals surface area contributed by atoms with Crippen LogP contribution in [0.5, 0.6) is 11.5 Å². The molecule has 0 saturated heterocycles. The zero-order valence-electron chi connectivity index (χ0n) is 10.1. The van der Waals surface area contributed by atoms with Crippen LogP contribution in [0, 0.1) is 0 Å². The maximum absolute atomic E-state index is 5.95. The lowest BCUT2D eigenvalue weighted by Crippen LogP contribution is -2.07. The molecule has 18 heavy (non-hydrogen) atoms. The van der Waals surface area contributed by atoms with Gasteiger partial charge in [-0.1, -0.05) is 30.7 Å². The van der Waals surface area contributed by atoms with Crippen molar-refractivity contribution in [2.24, 2.45) is 5.73 Å². The monoisotopic (exact) mass is 262 g/mol. The molecule has 1 aromatic heterocycles. The van der Waals surface area contributed by atoms with Gasteiger partial charge in [0.1, 0.15) is 11.5 Å². The van der Waals surface area contributed by atoms with E-state index in [-0.39, 0.29) is 6.04 Å². The number of benzene rings is 1. The average Bonchev–Trinajstić information content (AvgIpc) is 2.39. The van der Waals surface area contributed by atoms with E-state index in [1.54, 1.807) is 18.5 Å². The SMILES string of the molecule is CCC(N)c1ccc(Oc2cncc(Cl)c2)cc1. The first-order chi connectivity index (χ1) is 8.69. The minimum Gasteiger partial charge on any atom is -0.456 e. The van der Waals surface area contributed by atoms with Crippen LogP contribution in [0.25, 0.3) is 0 Å². The molecule has 2 N–H and O–H groups in total. The molecule has 4 heteroatoms.